The second-order valence-corrected chi connectivity index (χ2v) is 32.6. The van der Waals surface area contributed by atoms with Crippen LogP contribution in [0.4, 0.5) is 0 Å². The summed E-state index contributed by atoms with van der Waals surface area (Å²) in [6, 6.07) is 0. The monoisotopic (exact) mass is 341 g/mol. The van der Waals surface area contributed by atoms with Gasteiger partial charge in [-0.25, -0.2) is 0 Å². The summed E-state index contributed by atoms with van der Waals surface area (Å²) in [5.41, 5.74) is 0. The van der Waals surface area contributed by atoms with Crippen molar-refractivity contribution in [2.24, 2.45) is 0 Å². The van der Waals surface area contributed by atoms with E-state index in [9.17, 15) is 0 Å². The molecule has 0 atom stereocenters. The van der Waals surface area contributed by atoms with Crippen molar-refractivity contribution in [1.82, 2.24) is 0 Å². The van der Waals surface area contributed by atoms with Crippen molar-refractivity contribution in [3.8, 4) is 0 Å². The Bertz CT molecular complexity index is 40.7. The molecule has 1 nitrogen and oxygen atoms in total. The quantitative estimate of drug-likeness (QED) is 0.715. The number of hydrogen-bond acceptors (Lipinski definition) is 1. The third-order valence-corrected chi connectivity index (χ3v) is 0. The van der Waals surface area contributed by atoms with Gasteiger partial charge in [-0.1, -0.05) is 0 Å². The van der Waals surface area contributed by atoms with Crippen molar-refractivity contribution in [3.63, 3.8) is 0 Å². The van der Waals surface area contributed by atoms with Crippen LogP contribution in [0.25, 0.3) is 0 Å². The van der Waals surface area contributed by atoms with Gasteiger partial charge in [-0.15, -0.1) is 0 Å². The molecule has 6 heteroatoms. The molecule has 0 amide bonds. The Balaban J connectivity index is 3.73. The SMILES string of the molecule is [OH][W]([Cl])([Cl])([Cl])[Cl]. The summed E-state index contributed by atoms with van der Waals surface area (Å²) >= 11 is -4.86. The average molecular weight is 343 g/mol. The normalized spacial score (nSPS) is 19.2. The molecule has 0 unspecified atom stereocenters. The molecular formula is HCl4OW. The first-order valence-corrected chi connectivity index (χ1v) is 16.7. The van der Waals surface area contributed by atoms with Gasteiger partial charge < -0.3 is 0 Å². The van der Waals surface area contributed by atoms with Crippen LogP contribution in [0.1, 0.15) is 0 Å². The van der Waals surface area contributed by atoms with Crippen molar-refractivity contribution in [2.75, 3.05) is 0 Å². The fourth-order valence-corrected chi connectivity index (χ4v) is 0. The van der Waals surface area contributed by atoms with Gasteiger partial charge in [0.15, 0.2) is 0 Å². The van der Waals surface area contributed by atoms with Gasteiger partial charge in [0.2, 0.25) is 0 Å². The predicted molar refractivity (Wildman–Crippen MR) is 25.6 cm³/mol. The Morgan fingerprint density at radius 2 is 1.00 bits per heavy atom. The second-order valence-electron chi connectivity index (χ2n) is 0.626. The van der Waals surface area contributed by atoms with E-state index >= 15 is 0 Å². The third-order valence-electron chi connectivity index (χ3n) is 0. The van der Waals surface area contributed by atoms with Gasteiger partial charge in [-0.05, 0) is 0 Å². The average Bonchev–Trinajstić information content (AvgIpc) is 0.650. The second kappa shape index (κ2) is 1.65. The molecule has 0 saturated heterocycles. The van der Waals surface area contributed by atoms with E-state index in [0.29, 0.717) is 0 Å². The minimum absolute atomic E-state index is 4.85. The minimum atomic E-state index is -4.86. The topological polar surface area (TPSA) is 20.2 Å². The zero-order chi connectivity index (χ0) is 5.45. The summed E-state index contributed by atoms with van der Waals surface area (Å²) < 4.78 is 8.26. The Labute approximate surface area is 52.1 Å². The Kier molecular flexibility index (Phi) is 2.14. The van der Waals surface area contributed by atoms with Crippen LogP contribution in [0, 0.1) is 0 Å². The van der Waals surface area contributed by atoms with Gasteiger partial charge >= 0.3 is 52.5 Å². The standard InChI is InChI=1S/4ClH.H2O.W/h4*1H;1H2;/q;;;;;+5/p-5. The van der Waals surface area contributed by atoms with E-state index in [-0.39, 0.29) is 0 Å². The molecule has 0 bridgehead atoms. The summed E-state index contributed by atoms with van der Waals surface area (Å²) in [6.45, 7) is 0. The van der Waals surface area contributed by atoms with Crippen LogP contribution < -0.4 is 0 Å². The summed E-state index contributed by atoms with van der Waals surface area (Å²) in [7, 11) is 19.4. The first-order valence-electron chi connectivity index (χ1n) is 0.800. The van der Waals surface area contributed by atoms with E-state index < -0.39 is 11.0 Å². The van der Waals surface area contributed by atoms with Gasteiger partial charge in [0.1, 0.15) is 0 Å². The van der Waals surface area contributed by atoms with Crippen LogP contribution in [0.5, 0.6) is 0 Å². The molecule has 0 aliphatic heterocycles. The molecule has 0 fully saturated rings. The van der Waals surface area contributed by atoms with Crippen LogP contribution in [0.3, 0.4) is 0 Å². The summed E-state index contributed by atoms with van der Waals surface area (Å²) in [5.74, 6) is 0. The molecule has 1 N–H and O–H groups in total. The van der Waals surface area contributed by atoms with Gasteiger partial charge in [0.25, 0.3) is 0 Å². The Hall–Kier alpha value is 1.81. The third kappa shape index (κ3) is 41.1. The predicted octanol–water partition coefficient (Wildman–Crippen LogP) is 2.20. The van der Waals surface area contributed by atoms with Crippen molar-refractivity contribution < 1.29 is 14.8 Å². The number of hydrogen-bond donors (Lipinski definition) is 1. The molecule has 0 aromatic rings. The summed E-state index contributed by atoms with van der Waals surface area (Å²) in [6.07, 6.45) is 0. The first kappa shape index (κ1) is 7.81. The molecule has 0 saturated carbocycles. The molecule has 0 heterocycles. The summed E-state index contributed by atoms with van der Waals surface area (Å²) in [4.78, 5) is 0. The maximum absolute atomic E-state index is 8.26. The fraction of sp³-hybridized carbons (Fsp3) is 0. The summed E-state index contributed by atoms with van der Waals surface area (Å²) in [5, 5.41) is 0. The molecule has 0 aliphatic rings. The van der Waals surface area contributed by atoms with E-state index in [0.717, 1.165) is 0 Å². The molecule has 0 aromatic carbocycles. The van der Waals surface area contributed by atoms with Crippen molar-refractivity contribution in [3.05, 3.63) is 0 Å². The van der Waals surface area contributed by atoms with E-state index in [1.807, 2.05) is 0 Å². The van der Waals surface area contributed by atoms with Gasteiger partial charge in [0.05, 0.1) is 0 Å². The van der Waals surface area contributed by atoms with E-state index in [4.69, 9.17) is 41.4 Å². The Morgan fingerprint density at radius 3 is 1.00 bits per heavy atom. The molecule has 41 valence electrons. The van der Waals surface area contributed by atoms with E-state index in [1.54, 1.807) is 0 Å². The maximum atomic E-state index is 8.26. The van der Waals surface area contributed by atoms with Crippen LogP contribution in [0.15, 0.2) is 0 Å². The zero-order valence-corrected chi connectivity index (χ0v) is 8.32. The van der Waals surface area contributed by atoms with E-state index in [1.165, 1.54) is 0 Å². The van der Waals surface area contributed by atoms with Crippen LogP contribution >= 0.6 is 37.7 Å². The van der Waals surface area contributed by atoms with E-state index in [2.05, 4.69) is 0 Å². The van der Waals surface area contributed by atoms with Gasteiger partial charge in [-0.3, -0.25) is 0 Å². The molecule has 0 radical (unpaired) electrons. The molecular weight excluding hydrogens is 342 g/mol. The molecule has 0 rings (SSSR count). The van der Waals surface area contributed by atoms with Crippen molar-refractivity contribution in [2.45, 2.75) is 0 Å². The van der Waals surface area contributed by atoms with Crippen LogP contribution in [-0.4, -0.2) is 3.76 Å². The van der Waals surface area contributed by atoms with Crippen LogP contribution in [0.2, 0.25) is 0 Å². The van der Waals surface area contributed by atoms with Crippen LogP contribution in [-0.2, 0) is 11.0 Å². The molecule has 0 spiro atoms. The zero-order valence-electron chi connectivity index (χ0n) is 2.37. The number of halogens is 4. The van der Waals surface area contributed by atoms with Crippen molar-refractivity contribution in [1.29, 1.82) is 0 Å². The Morgan fingerprint density at radius 1 is 1.00 bits per heavy atom. The molecule has 0 aromatic heterocycles. The number of rotatable bonds is 0. The first-order chi connectivity index (χ1) is 2.24. The van der Waals surface area contributed by atoms with Gasteiger partial charge in [-0.2, -0.15) is 0 Å². The van der Waals surface area contributed by atoms with Crippen molar-refractivity contribution >= 4 is 37.7 Å². The fourth-order valence-electron chi connectivity index (χ4n) is 0. The molecule has 6 heavy (non-hydrogen) atoms. The molecule has 0 aliphatic carbocycles. The van der Waals surface area contributed by atoms with Gasteiger partial charge in [0, 0.05) is 0 Å².